The van der Waals surface area contributed by atoms with Gasteiger partial charge in [0.2, 0.25) is 0 Å². The van der Waals surface area contributed by atoms with Crippen LogP contribution in [0.5, 0.6) is 0 Å². The lowest BCUT2D eigenvalue weighted by Crippen LogP contribution is -2.67. The fourth-order valence-electron chi connectivity index (χ4n) is 4.21. The number of esters is 1. The SMILES string of the molecule is CCOC(=O)c1ccc(C23CC(c4ccc(F)cc4)(C2)C3)nc1. The molecule has 23 heavy (non-hydrogen) atoms. The van der Waals surface area contributed by atoms with Crippen molar-refractivity contribution in [3.05, 3.63) is 65.2 Å². The monoisotopic (exact) mass is 311 g/mol. The maximum Gasteiger partial charge on any atom is 0.339 e. The summed E-state index contributed by atoms with van der Waals surface area (Å²) in [6.45, 7) is 2.15. The van der Waals surface area contributed by atoms with E-state index in [0.29, 0.717) is 12.2 Å². The lowest BCUT2D eigenvalue weighted by molar-refractivity contribution is -0.0723. The zero-order valence-corrected chi connectivity index (χ0v) is 13.0. The van der Waals surface area contributed by atoms with Gasteiger partial charge in [0.1, 0.15) is 5.82 Å². The Labute approximate surface area is 134 Å². The number of hydrogen-bond acceptors (Lipinski definition) is 3. The topological polar surface area (TPSA) is 39.2 Å². The molecule has 2 aromatic rings. The molecule has 0 saturated heterocycles. The van der Waals surface area contributed by atoms with Gasteiger partial charge >= 0.3 is 5.97 Å². The van der Waals surface area contributed by atoms with Crippen molar-refractivity contribution in [1.29, 1.82) is 0 Å². The zero-order valence-electron chi connectivity index (χ0n) is 13.0. The summed E-state index contributed by atoms with van der Waals surface area (Å²) in [5, 5.41) is 0. The van der Waals surface area contributed by atoms with Crippen LogP contribution in [0.2, 0.25) is 0 Å². The van der Waals surface area contributed by atoms with Crippen molar-refractivity contribution in [3.63, 3.8) is 0 Å². The number of halogens is 1. The fraction of sp³-hybridized carbons (Fsp3) is 0.368. The largest absolute Gasteiger partial charge is 0.462 e. The van der Waals surface area contributed by atoms with Gasteiger partial charge in [0.15, 0.2) is 0 Å². The minimum absolute atomic E-state index is 0.140. The number of benzene rings is 1. The average Bonchev–Trinajstić information content (AvgIpc) is 2.47. The first kappa shape index (κ1) is 14.4. The molecule has 0 unspecified atom stereocenters. The summed E-state index contributed by atoms with van der Waals surface area (Å²) in [5.41, 5.74) is 3.12. The van der Waals surface area contributed by atoms with E-state index in [1.165, 1.54) is 17.7 Å². The molecular weight excluding hydrogens is 293 g/mol. The lowest BCUT2D eigenvalue weighted by atomic mass is 9.32. The molecule has 0 N–H and O–H groups in total. The Kier molecular flexibility index (Phi) is 3.05. The predicted octanol–water partition coefficient (Wildman–Crippen LogP) is 3.77. The second-order valence-corrected chi connectivity index (χ2v) is 6.75. The van der Waals surface area contributed by atoms with E-state index >= 15 is 0 Å². The fourth-order valence-corrected chi connectivity index (χ4v) is 4.21. The van der Waals surface area contributed by atoms with Crippen LogP contribution in [0.4, 0.5) is 4.39 Å². The van der Waals surface area contributed by atoms with Crippen molar-refractivity contribution >= 4 is 5.97 Å². The number of nitrogens with zero attached hydrogens (tertiary/aromatic N) is 1. The maximum atomic E-state index is 13.1. The minimum atomic E-state index is -0.327. The van der Waals surface area contributed by atoms with E-state index in [0.717, 1.165) is 25.0 Å². The van der Waals surface area contributed by atoms with Crippen molar-refractivity contribution in [1.82, 2.24) is 4.98 Å². The normalized spacial score (nSPS) is 27.7. The molecule has 1 heterocycles. The highest BCUT2D eigenvalue weighted by molar-refractivity contribution is 5.89. The van der Waals surface area contributed by atoms with Crippen LogP contribution in [0.25, 0.3) is 0 Å². The molecule has 3 nitrogen and oxygen atoms in total. The van der Waals surface area contributed by atoms with Crippen LogP contribution in [-0.2, 0) is 15.6 Å². The zero-order chi connectivity index (χ0) is 16.1. The maximum absolute atomic E-state index is 13.1. The Bertz CT molecular complexity index is 732. The molecule has 0 spiro atoms. The highest BCUT2D eigenvalue weighted by atomic mass is 19.1. The van der Waals surface area contributed by atoms with Crippen LogP contribution in [0, 0.1) is 5.82 Å². The second kappa shape index (κ2) is 4.88. The van der Waals surface area contributed by atoms with Gasteiger partial charge in [-0.25, -0.2) is 9.18 Å². The van der Waals surface area contributed by atoms with Gasteiger partial charge in [-0.2, -0.15) is 0 Å². The number of carbonyl (C=O) groups is 1. The van der Waals surface area contributed by atoms with Gasteiger partial charge in [-0.1, -0.05) is 12.1 Å². The summed E-state index contributed by atoms with van der Waals surface area (Å²) in [6, 6.07) is 10.6. The third kappa shape index (κ3) is 2.08. The quantitative estimate of drug-likeness (QED) is 0.807. The summed E-state index contributed by atoms with van der Waals surface area (Å²) in [5.74, 6) is -0.516. The van der Waals surface area contributed by atoms with Gasteiger partial charge in [-0.3, -0.25) is 4.98 Å². The number of aromatic nitrogens is 1. The molecule has 0 atom stereocenters. The standard InChI is InChI=1S/C19H18FNO2/c1-2-23-17(22)13-3-8-16(21-9-13)19-10-18(11-19,12-19)14-4-6-15(20)7-5-14/h3-9H,2,10-12H2,1H3. The minimum Gasteiger partial charge on any atom is -0.462 e. The molecule has 3 saturated carbocycles. The lowest BCUT2D eigenvalue weighted by Gasteiger charge is -2.71. The van der Waals surface area contributed by atoms with Gasteiger partial charge in [0.05, 0.1) is 12.2 Å². The molecule has 118 valence electrons. The molecule has 4 heteroatoms. The van der Waals surface area contributed by atoms with Crippen LogP contribution in [0.3, 0.4) is 0 Å². The van der Waals surface area contributed by atoms with E-state index in [-0.39, 0.29) is 22.6 Å². The third-order valence-corrected chi connectivity index (χ3v) is 5.30. The van der Waals surface area contributed by atoms with E-state index in [1.54, 1.807) is 19.2 Å². The van der Waals surface area contributed by atoms with Gasteiger partial charge in [-0.05, 0) is 61.4 Å². The van der Waals surface area contributed by atoms with E-state index in [4.69, 9.17) is 4.74 Å². The molecule has 1 aromatic carbocycles. The van der Waals surface area contributed by atoms with E-state index in [9.17, 15) is 9.18 Å². The Hall–Kier alpha value is -2.23. The highest BCUT2D eigenvalue weighted by Crippen LogP contribution is 2.73. The predicted molar refractivity (Wildman–Crippen MR) is 83.8 cm³/mol. The second-order valence-electron chi connectivity index (χ2n) is 6.75. The van der Waals surface area contributed by atoms with Crippen LogP contribution < -0.4 is 0 Å². The van der Waals surface area contributed by atoms with Crippen molar-refractivity contribution in [3.8, 4) is 0 Å². The molecule has 3 aliphatic rings. The van der Waals surface area contributed by atoms with E-state index < -0.39 is 0 Å². The first-order valence-electron chi connectivity index (χ1n) is 7.97. The average molecular weight is 311 g/mol. The van der Waals surface area contributed by atoms with Crippen LogP contribution in [0.1, 0.15) is 47.8 Å². The number of hydrogen-bond donors (Lipinski definition) is 0. The number of carbonyl (C=O) groups excluding carboxylic acids is 1. The van der Waals surface area contributed by atoms with E-state index in [1.807, 2.05) is 18.2 Å². The third-order valence-electron chi connectivity index (χ3n) is 5.30. The molecule has 0 radical (unpaired) electrons. The van der Waals surface area contributed by atoms with Crippen molar-refractivity contribution in [2.24, 2.45) is 0 Å². The Morgan fingerprint density at radius 1 is 1.13 bits per heavy atom. The van der Waals surface area contributed by atoms with E-state index in [2.05, 4.69) is 4.98 Å². The molecule has 0 aliphatic heterocycles. The molecule has 0 amide bonds. The van der Waals surface area contributed by atoms with Gasteiger partial charge < -0.3 is 4.74 Å². The number of rotatable bonds is 4. The number of ether oxygens (including phenoxy) is 1. The summed E-state index contributed by atoms with van der Waals surface area (Å²) < 4.78 is 18.0. The molecular formula is C19H18FNO2. The summed E-state index contributed by atoms with van der Waals surface area (Å²) in [4.78, 5) is 16.2. The van der Waals surface area contributed by atoms with Crippen molar-refractivity contribution in [2.45, 2.75) is 37.0 Å². The summed E-state index contributed by atoms with van der Waals surface area (Å²) >= 11 is 0. The molecule has 5 rings (SSSR count). The molecule has 2 bridgehead atoms. The first-order chi connectivity index (χ1) is 11.1. The summed E-state index contributed by atoms with van der Waals surface area (Å²) in [6.07, 6.45) is 4.77. The first-order valence-corrected chi connectivity index (χ1v) is 7.97. The molecule has 3 aliphatic carbocycles. The van der Waals surface area contributed by atoms with Crippen LogP contribution >= 0.6 is 0 Å². The molecule has 3 fully saturated rings. The highest BCUT2D eigenvalue weighted by Gasteiger charge is 2.69. The van der Waals surface area contributed by atoms with Gasteiger partial charge in [0.25, 0.3) is 0 Å². The Balaban J connectivity index is 1.48. The molecule has 1 aromatic heterocycles. The Morgan fingerprint density at radius 3 is 2.39 bits per heavy atom. The number of pyridine rings is 1. The smallest absolute Gasteiger partial charge is 0.339 e. The van der Waals surface area contributed by atoms with Crippen LogP contribution in [-0.4, -0.2) is 17.6 Å². The van der Waals surface area contributed by atoms with Gasteiger partial charge in [-0.15, -0.1) is 0 Å². The summed E-state index contributed by atoms with van der Waals surface area (Å²) in [7, 11) is 0. The van der Waals surface area contributed by atoms with Crippen LogP contribution in [0.15, 0.2) is 42.6 Å². The Morgan fingerprint density at radius 2 is 1.83 bits per heavy atom. The van der Waals surface area contributed by atoms with Gasteiger partial charge in [0, 0.05) is 17.3 Å². The van der Waals surface area contributed by atoms with Crippen molar-refractivity contribution in [2.75, 3.05) is 6.61 Å². The van der Waals surface area contributed by atoms with Crippen molar-refractivity contribution < 1.29 is 13.9 Å².